The van der Waals surface area contributed by atoms with Gasteiger partial charge < -0.3 is 39.0 Å². The molecule has 38 heavy (non-hydrogen) atoms. The minimum atomic E-state index is -0.662. The molecule has 9 heteroatoms. The monoisotopic (exact) mass is 546 g/mol. The summed E-state index contributed by atoms with van der Waals surface area (Å²) in [5.41, 5.74) is 3.41. The molecule has 0 aliphatic carbocycles. The number of piperidine rings is 1. The summed E-state index contributed by atoms with van der Waals surface area (Å²) in [6.07, 6.45) is 2.18. The lowest BCUT2D eigenvalue weighted by Crippen LogP contribution is -2.51. The fourth-order valence-corrected chi connectivity index (χ4v) is 5.57. The first-order valence-electron chi connectivity index (χ1n) is 13.4. The molecule has 2 heterocycles. The quantitative estimate of drug-likeness (QED) is 0.274. The van der Waals surface area contributed by atoms with Crippen LogP contribution in [0.25, 0.3) is 0 Å². The molecule has 8 nitrogen and oxygen atoms in total. The SMILES string of the molecule is COCCCN1CCOc2ccc(CO[C@H]3CNC[C@@H](OCC(O)COC)[C@@H]3c3ccc(SC)cc3)cc21. The van der Waals surface area contributed by atoms with Crippen LogP contribution >= 0.6 is 11.8 Å². The third kappa shape index (κ3) is 7.85. The summed E-state index contributed by atoms with van der Waals surface area (Å²) in [4.78, 5) is 3.59. The third-order valence-corrected chi connectivity index (χ3v) is 7.82. The zero-order valence-electron chi connectivity index (χ0n) is 22.8. The zero-order chi connectivity index (χ0) is 26.7. The molecule has 2 aliphatic rings. The molecule has 1 saturated heterocycles. The standard InChI is InChI=1S/C29H42N2O6S/c1-33-13-4-11-31-12-14-35-26-10-5-21(15-25(26)31)18-36-27-16-30-17-28(37-20-23(32)19-34-2)29(27)22-6-8-24(38-3)9-7-22/h5-10,15,23,27-30,32H,4,11-14,16-20H2,1-3H3/t23?,27-,28+,29+/m0/s1. The maximum absolute atomic E-state index is 10.2. The molecule has 0 radical (unpaired) electrons. The summed E-state index contributed by atoms with van der Waals surface area (Å²) >= 11 is 1.73. The number of ether oxygens (including phenoxy) is 5. The van der Waals surface area contributed by atoms with Crippen LogP contribution in [0.3, 0.4) is 0 Å². The second-order valence-electron chi connectivity index (χ2n) is 9.77. The predicted molar refractivity (Wildman–Crippen MR) is 151 cm³/mol. The molecule has 0 aromatic heterocycles. The summed E-state index contributed by atoms with van der Waals surface area (Å²) < 4.78 is 29.0. The second kappa shape index (κ2) is 15.1. The van der Waals surface area contributed by atoms with Gasteiger partial charge in [-0.1, -0.05) is 18.2 Å². The number of rotatable bonds is 14. The van der Waals surface area contributed by atoms with Crippen molar-refractivity contribution >= 4 is 17.4 Å². The van der Waals surface area contributed by atoms with Gasteiger partial charge in [0, 0.05) is 51.3 Å². The van der Waals surface area contributed by atoms with E-state index in [1.54, 1.807) is 26.0 Å². The minimum absolute atomic E-state index is 0.0356. The second-order valence-corrected chi connectivity index (χ2v) is 10.7. The average Bonchev–Trinajstić information content (AvgIpc) is 2.95. The number of aliphatic hydroxyl groups is 1. The highest BCUT2D eigenvalue weighted by molar-refractivity contribution is 7.98. The third-order valence-electron chi connectivity index (χ3n) is 7.08. The highest BCUT2D eigenvalue weighted by Gasteiger charge is 2.36. The van der Waals surface area contributed by atoms with E-state index in [0.29, 0.717) is 19.8 Å². The maximum atomic E-state index is 10.2. The predicted octanol–water partition coefficient (Wildman–Crippen LogP) is 3.31. The van der Waals surface area contributed by atoms with Gasteiger partial charge in [0.2, 0.25) is 0 Å². The van der Waals surface area contributed by atoms with Crippen LogP contribution in [0.2, 0.25) is 0 Å². The Kier molecular flexibility index (Phi) is 11.6. The van der Waals surface area contributed by atoms with E-state index in [1.165, 1.54) is 10.5 Å². The fourth-order valence-electron chi connectivity index (χ4n) is 5.16. The first kappa shape index (κ1) is 29.1. The molecule has 4 atom stereocenters. The molecule has 2 aliphatic heterocycles. The number of benzene rings is 2. The van der Waals surface area contributed by atoms with E-state index in [0.717, 1.165) is 49.7 Å². The van der Waals surface area contributed by atoms with Crippen LogP contribution in [0.4, 0.5) is 5.69 Å². The van der Waals surface area contributed by atoms with E-state index in [1.807, 2.05) is 0 Å². The van der Waals surface area contributed by atoms with Crippen molar-refractivity contribution in [2.75, 3.05) is 78.0 Å². The summed E-state index contributed by atoms with van der Waals surface area (Å²) in [5.74, 6) is 0.958. The van der Waals surface area contributed by atoms with E-state index in [4.69, 9.17) is 23.7 Å². The highest BCUT2D eigenvalue weighted by Crippen LogP contribution is 2.35. The fraction of sp³-hybridized carbons (Fsp3) is 0.586. The Hall–Kier alpha value is -1.85. The molecule has 0 spiro atoms. The van der Waals surface area contributed by atoms with E-state index in [-0.39, 0.29) is 31.3 Å². The van der Waals surface area contributed by atoms with Crippen molar-refractivity contribution in [1.82, 2.24) is 5.32 Å². The van der Waals surface area contributed by atoms with Crippen molar-refractivity contribution < 1.29 is 28.8 Å². The molecule has 2 aromatic rings. The van der Waals surface area contributed by atoms with Gasteiger partial charge in [0.1, 0.15) is 18.5 Å². The van der Waals surface area contributed by atoms with Crippen LogP contribution in [0, 0.1) is 0 Å². The largest absolute Gasteiger partial charge is 0.490 e. The number of thioether (sulfide) groups is 1. The van der Waals surface area contributed by atoms with Gasteiger partial charge in [-0.05, 0) is 48.1 Å². The lowest BCUT2D eigenvalue weighted by molar-refractivity contribution is -0.0856. The normalized spacial score (nSPS) is 22.1. The van der Waals surface area contributed by atoms with Crippen LogP contribution in [-0.2, 0) is 25.6 Å². The van der Waals surface area contributed by atoms with E-state index >= 15 is 0 Å². The number of hydrogen-bond donors (Lipinski definition) is 2. The van der Waals surface area contributed by atoms with Crippen molar-refractivity contribution in [3.63, 3.8) is 0 Å². The van der Waals surface area contributed by atoms with Crippen LogP contribution in [0.1, 0.15) is 23.5 Å². The summed E-state index contributed by atoms with van der Waals surface area (Å²) in [6.45, 7) is 5.63. The van der Waals surface area contributed by atoms with E-state index in [9.17, 15) is 5.11 Å². The van der Waals surface area contributed by atoms with Crippen molar-refractivity contribution in [2.45, 2.75) is 42.2 Å². The van der Waals surface area contributed by atoms with Gasteiger partial charge in [-0.15, -0.1) is 11.8 Å². The Morgan fingerprint density at radius 1 is 1.05 bits per heavy atom. The number of methoxy groups -OCH3 is 2. The Labute approximate surface area is 230 Å². The number of hydrogen-bond acceptors (Lipinski definition) is 9. The topological polar surface area (TPSA) is 81.7 Å². The number of fused-ring (bicyclic) bond motifs is 1. The molecule has 2 N–H and O–H groups in total. The van der Waals surface area contributed by atoms with Crippen molar-refractivity contribution in [2.24, 2.45) is 0 Å². The van der Waals surface area contributed by atoms with Gasteiger partial charge in [0.15, 0.2) is 0 Å². The molecule has 1 fully saturated rings. The Morgan fingerprint density at radius 2 is 1.84 bits per heavy atom. The van der Waals surface area contributed by atoms with E-state index in [2.05, 4.69) is 58.9 Å². The van der Waals surface area contributed by atoms with Crippen molar-refractivity contribution in [3.8, 4) is 5.75 Å². The minimum Gasteiger partial charge on any atom is -0.490 e. The number of anilines is 1. The highest BCUT2D eigenvalue weighted by atomic mass is 32.2. The van der Waals surface area contributed by atoms with Gasteiger partial charge in [-0.2, -0.15) is 0 Å². The van der Waals surface area contributed by atoms with Gasteiger partial charge >= 0.3 is 0 Å². The van der Waals surface area contributed by atoms with Crippen molar-refractivity contribution in [3.05, 3.63) is 53.6 Å². The molecule has 0 amide bonds. The average molecular weight is 547 g/mol. The Morgan fingerprint density at radius 3 is 2.58 bits per heavy atom. The van der Waals surface area contributed by atoms with Crippen LogP contribution in [-0.4, -0.2) is 96.5 Å². The summed E-state index contributed by atoms with van der Waals surface area (Å²) in [5, 5.41) is 13.7. The first-order chi connectivity index (χ1) is 18.6. The lowest BCUT2D eigenvalue weighted by atomic mass is 9.85. The van der Waals surface area contributed by atoms with Gasteiger partial charge in [-0.25, -0.2) is 0 Å². The van der Waals surface area contributed by atoms with Crippen molar-refractivity contribution in [1.29, 1.82) is 0 Å². The zero-order valence-corrected chi connectivity index (χ0v) is 23.6. The Bertz CT molecular complexity index is 978. The molecule has 1 unspecified atom stereocenters. The lowest BCUT2D eigenvalue weighted by Gasteiger charge is -2.39. The van der Waals surface area contributed by atoms with Gasteiger partial charge in [-0.3, -0.25) is 0 Å². The van der Waals surface area contributed by atoms with Crippen LogP contribution in [0.15, 0.2) is 47.4 Å². The molecule has 0 bridgehead atoms. The molecule has 0 saturated carbocycles. The number of nitrogens with one attached hydrogen (secondary N) is 1. The maximum Gasteiger partial charge on any atom is 0.142 e. The number of aliphatic hydroxyl groups excluding tert-OH is 1. The smallest absolute Gasteiger partial charge is 0.142 e. The van der Waals surface area contributed by atoms with Crippen LogP contribution in [0.5, 0.6) is 5.75 Å². The van der Waals surface area contributed by atoms with Crippen LogP contribution < -0.4 is 15.0 Å². The summed E-state index contributed by atoms with van der Waals surface area (Å²) in [6, 6.07) is 15.0. The molecular formula is C29H42N2O6S. The Balaban J connectivity index is 1.47. The molecule has 4 rings (SSSR count). The van der Waals surface area contributed by atoms with E-state index < -0.39 is 6.10 Å². The molecule has 210 valence electrons. The first-order valence-corrected chi connectivity index (χ1v) is 14.6. The molecule has 2 aromatic carbocycles. The number of nitrogens with zero attached hydrogens (tertiary/aromatic N) is 1. The van der Waals surface area contributed by atoms with Gasteiger partial charge in [0.25, 0.3) is 0 Å². The van der Waals surface area contributed by atoms with Gasteiger partial charge in [0.05, 0.1) is 44.3 Å². The summed E-state index contributed by atoms with van der Waals surface area (Å²) in [7, 11) is 3.32. The molecular weight excluding hydrogens is 504 g/mol.